The van der Waals surface area contributed by atoms with E-state index in [9.17, 15) is 9.18 Å². The number of fused-ring (bicyclic) bond motifs is 1. The molecule has 3 aromatic rings. The van der Waals surface area contributed by atoms with Crippen molar-refractivity contribution in [2.24, 2.45) is 0 Å². The van der Waals surface area contributed by atoms with Gasteiger partial charge in [0.25, 0.3) is 0 Å². The van der Waals surface area contributed by atoms with Gasteiger partial charge in [-0.2, -0.15) is 0 Å². The first-order chi connectivity index (χ1) is 13.2. The van der Waals surface area contributed by atoms with Crippen LogP contribution in [0.5, 0.6) is 0 Å². The van der Waals surface area contributed by atoms with Gasteiger partial charge in [0, 0.05) is 12.7 Å². The van der Waals surface area contributed by atoms with Gasteiger partial charge in [-0.25, -0.2) is 14.2 Å². The van der Waals surface area contributed by atoms with Crippen molar-refractivity contribution >= 4 is 17.1 Å². The van der Waals surface area contributed by atoms with Crippen LogP contribution < -0.4 is 5.32 Å². The van der Waals surface area contributed by atoms with Gasteiger partial charge < -0.3 is 14.6 Å². The largest absolute Gasteiger partial charge is 0.444 e. The number of carbonyl (C=O) groups is 1. The van der Waals surface area contributed by atoms with Crippen LogP contribution in [0.3, 0.4) is 0 Å². The summed E-state index contributed by atoms with van der Waals surface area (Å²) in [5.41, 5.74) is 1.66. The van der Waals surface area contributed by atoms with E-state index in [0.29, 0.717) is 34.7 Å². The molecule has 0 aliphatic heterocycles. The van der Waals surface area contributed by atoms with Gasteiger partial charge in [0.2, 0.25) is 0 Å². The van der Waals surface area contributed by atoms with Crippen molar-refractivity contribution in [3.63, 3.8) is 0 Å². The van der Waals surface area contributed by atoms with E-state index in [1.807, 2.05) is 24.5 Å². The quantitative estimate of drug-likeness (QED) is 0.699. The minimum absolute atomic E-state index is 0.361. The number of hydrogen-bond acceptors (Lipinski definition) is 4. The van der Waals surface area contributed by atoms with Crippen molar-refractivity contribution in [1.29, 1.82) is 0 Å². The molecule has 148 valence electrons. The zero-order valence-corrected chi connectivity index (χ0v) is 16.8. The molecule has 2 heterocycles. The molecule has 0 spiro atoms. The number of benzene rings is 1. The van der Waals surface area contributed by atoms with Gasteiger partial charge in [-0.1, -0.05) is 6.07 Å². The molecule has 1 N–H and O–H groups in total. The number of halogens is 1. The molecule has 28 heavy (non-hydrogen) atoms. The van der Waals surface area contributed by atoms with E-state index in [2.05, 4.69) is 15.3 Å². The minimum atomic E-state index is -0.593. The summed E-state index contributed by atoms with van der Waals surface area (Å²) in [7, 11) is 0. The van der Waals surface area contributed by atoms with E-state index < -0.39 is 17.7 Å². The molecule has 1 atom stereocenters. The maximum Gasteiger partial charge on any atom is 0.408 e. The molecule has 0 fully saturated rings. The number of hydrogen-bond donors (Lipinski definition) is 1. The predicted molar refractivity (Wildman–Crippen MR) is 106 cm³/mol. The average Bonchev–Trinajstić information content (AvgIpc) is 2.99. The summed E-state index contributed by atoms with van der Waals surface area (Å²) in [5, 5.41) is 2.81. The minimum Gasteiger partial charge on any atom is -0.444 e. The van der Waals surface area contributed by atoms with Gasteiger partial charge in [0.1, 0.15) is 17.2 Å². The fourth-order valence-electron chi connectivity index (χ4n) is 3.17. The molecule has 1 amide bonds. The third-order valence-electron chi connectivity index (χ3n) is 4.25. The Bertz CT molecular complexity index is 993. The lowest BCUT2D eigenvalue weighted by Gasteiger charge is -2.22. The van der Waals surface area contributed by atoms with Crippen LogP contribution in [0.4, 0.5) is 9.18 Å². The molecule has 3 rings (SSSR count). The molecule has 1 unspecified atom stereocenters. The molecule has 6 nitrogen and oxygen atoms in total. The standard InChI is InChI=1S/C21H25FN4O2/c1-6-26-18-16(11-10-14(22)17(18)15-9-7-8-12-23-15)25-19(26)13(2)24-20(27)28-21(3,4)5/h7-13H,6H2,1-5H3,(H,24,27). The maximum absolute atomic E-state index is 14.8. The number of ether oxygens (including phenoxy) is 1. The molecular formula is C21H25FN4O2. The zero-order chi connectivity index (χ0) is 20.5. The highest BCUT2D eigenvalue weighted by molar-refractivity contribution is 5.92. The molecular weight excluding hydrogens is 359 g/mol. The zero-order valence-electron chi connectivity index (χ0n) is 16.8. The fraction of sp³-hybridized carbons (Fsp3) is 0.381. The number of rotatable bonds is 4. The summed E-state index contributed by atoms with van der Waals surface area (Å²) >= 11 is 0. The summed E-state index contributed by atoms with van der Waals surface area (Å²) in [6, 6.07) is 8.01. The van der Waals surface area contributed by atoms with E-state index in [4.69, 9.17) is 4.74 Å². The Balaban J connectivity index is 2.07. The van der Waals surface area contributed by atoms with E-state index in [1.54, 1.807) is 45.2 Å². The normalized spacial score (nSPS) is 12.8. The number of alkyl carbamates (subject to hydrolysis) is 1. The van der Waals surface area contributed by atoms with E-state index in [0.717, 1.165) is 0 Å². The van der Waals surface area contributed by atoms with Gasteiger partial charge >= 0.3 is 6.09 Å². The summed E-state index contributed by atoms with van der Waals surface area (Å²) in [4.78, 5) is 21.1. The van der Waals surface area contributed by atoms with Crippen LogP contribution >= 0.6 is 0 Å². The van der Waals surface area contributed by atoms with Crippen molar-refractivity contribution < 1.29 is 13.9 Å². The lowest BCUT2D eigenvalue weighted by Crippen LogP contribution is -2.34. The van der Waals surface area contributed by atoms with Crippen molar-refractivity contribution in [3.8, 4) is 11.3 Å². The molecule has 0 bridgehead atoms. The van der Waals surface area contributed by atoms with Gasteiger partial charge in [-0.15, -0.1) is 0 Å². The van der Waals surface area contributed by atoms with E-state index in [1.165, 1.54) is 6.07 Å². The van der Waals surface area contributed by atoms with Gasteiger partial charge in [-0.05, 0) is 58.9 Å². The number of nitrogens with one attached hydrogen (secondary N) is 1. The number of amides is 1. The van der Waals surface area contributed by atoms with Crippen molar-refractivity contribution in [2.45, 2.75) is 52.8 Å². The molecule has 0 saturated heterocycles. The second kappa shape index (κ2) is 7.58. The van der Waals surface area contributed by atoms with Crippen LogP contribution in [0.15, 0.2) is 36.5 Å². The van der Waals surface area contributed by atoms with Gasteiger partial charge in [-0.3, -0.25) is 4.98 Å². The second-order valence-electron chi connectivity index (χ2n) is 7.59. The third-order valence-corrected chi connectivity index (χ3v) is 4.25. The van der Waals surface area contributed by atoms with Crippen LogP contribution in [-0.2, 0) is 11.3 Å². The van der Waals surface area contributed by atoms with Crippen LogP contribution in [0, 0.1) is 5.82 Å². The van der Waals surface area contributed by atoms with Crippen LogP contribution in [-0.4, -0.2) is 26.2 Å². The summed E-state index contributed by atoms with van der Waals surface area (Å²) < 4.78 is 22.0. The lowest BCUT2D eigenvalue weighted by molar-refractivity contribution is 0.0505. The van der Waals surface area contributed by atoms with Crippen molar-refractivity contribution in [2.75, 3.05) is 0 Å². The Labute approximate surface area is 163 Å². The topological polar surface area (TPSA) is 69.0 Å². The highest BCUT2D eigenvalue weighted by Crippen LogP contribution is 2.32. The van der Waals surface area contributed by atoms with Gasteiger partial charge in [0.05, 0.1) is 28.3 Å². The number of aryl methyl sites for hydroxylation is 1. The Morgan fingerprint density at radius 3 is 2.64 bits per heavy atom. The smallest absolute Gasteiger partial charge is 0.408 e. The van der Waals surface area contributed by atoms with Crippen molar-refractivity contribution in [1.82, 2.24) is 19.9 Å². The van der Waals surface area contributed by atoms with Crippen LogP contribution in [0.25, 0.3) is 22.3 Å². The maximum atomic E-state index is 14.8. The lowest BCUT2D eigenvalue weighted by atomic mass is 10.1. The number of aromatic nitrogens is 3. The summed E-state index contributed by atoms with van der Waals surface area (Å²) in [5.74, 6) is 0.270. The average molecular weight is 384 g/mol. The molecule has 0 aliphatic rings. The van der Waals surface area contributed by atoms with E-state index in [-0.39, 0.29) is 5.82 Å². The first kappa shape index (κ1) is 19.8. The molecule has 0 aliphatic carbocycles. The second-order valence-corrected chi connectivity index (χ2v) is 7.59. The predicted octanol–water partition coefficient (Wildman–Crippen LogP) is 4.84. The Morgan fingerprint density at radius 2 is 2.04 bits per heavy atom. The fourth-order valence-corrected chi connectivity index (χ4v) is 3.17. The molecule has 1 aromatic carbocycles. The number of nitrogens with zero attached hydrogens (tertiary/aromatic N) is 3. The number of imidazole rings is 1. The van der Waals surface area contributed by atoms with E-state index >= 15 is 0 Å². The van der Waals surface area contributed by atoms with Crippen LogP contribution in [0.2, 0.25) is 0 Å². The van der Waals surface area contributed by atoms with Crippen molar-refractivity contribution in [3.05, 3.63) is 48.2 Å². The third kappa shape index (κ3) is 3.98. The Kier molecular flexibility index (Phi) is 5.36. The molecule has 0 saturated carbocycles. The first-order valence-corrected chi connectivity index (χ1v) is 9.30. The highest BCUT2D eigenvalue weighted by atomic mass is 19.1. The number of pyridine rings is 1. The van der Waals surface area contributed by atoms with Gasteiger partial charge in [0.15, 0.2) is 0 Å². The molecule has 7 heteroatoms. The number of carbonyl (C=O) groups excluding carboxylic acids is 1. The van der Waals surface area contributed by atoms with Crippen LogP contribution in [0.1, 0.15) is 46.5 Å². The summed E-state index contributed by atoms with van der Waals surface area (Å²) in [6.07, 6.45) is 1.11. The summed E-state index contributed by atoms with van der Waals surface area (Å²) in [6.45, 7) is 9.77. The molecule has 0 radical (unpaired) electrons. The first-order valence-electron chi connectivity index (χ1n) is 9.30. The Hall–Kier alpha value is -2.96. The molecule has 2 aromatic heterocycles. The monoisotopic (exact) mass is 384 g/mol. The SMILES string of the molecule is CCn1c(C(C)NC(=O)OC(C)(C)C)nc2ccc(F)c(-c3ccccn3)c21. The Morgan fingerprint density at radius 1 is 1.29 bits per heavy atom. The highest BCUT2D eigenvalue weighted by Gasteiger charge is 2.24.